The Morgan fingerprint density at radius 1 is 1.29 bits per heavy atom. The lowest BCUT2D eigenvalue weighted by Gasteiger charge is -2.20. The Balaban J connectivity index is 0.00000529. The topological polar surface area (TPSA) is 92.5 Å². The number of halogens is 1. The van der Waals surface area contributed by atoms with Crippen molar-refractivity contribution in [2.45, 2.75) is 26.3 Å². The maximum Gasteiger partial charge on any atom is 0.224 e. The van der Waals surface area contributed by atoms with Crippen LogP contribution >= 0.6 is 12.4 Å². The van der Waals surface area contributed by atoms with Crippen molar-refractivity contribution in [2.24, 2.45) is 11.7 Å². The lowest BCUT2D eigenvalue weighted by atomic mass is 9.95. The first-order valence-electron chi connectivity index (χ1n) is 7.81. The Morgan fingerprint density at radius 3 is 2.42 bits per heavy atom. The van der Waals surface area contributed by atoms with Gasteiger partial charge in [-0.15, -0.1) is 12.4 Å². The van der Waals surface area contributed by atoms with Crippen molar-refractivity contribution < 1.29 is 13.2 Å². The molecule has 0 aromatic heterocycles. The highest BCUT2D eigenvalue weighted by Crippen LogP contribution is 2.18. The zero-order valence-electron chi connectivity index (χ0n) is 14.4. The Kier molecular flexibility index (Phi) is 10.1. The summed E-state index contributed by atoms with van der Waals surface area (Å²) >= 11 is 0. The first-order valence-corrected chi connectivity index (χ1v) is 9.42. The van der Waals surface area contributed by atoms with Crippen molar-refractivity contribution in [2.75, 3.05) is 25.9 Å². The maximum atomic E-state index is 12.1. The van der Waals surface area contributed by atoms with Crippen LogP contribution in [0.1, 0.15) is 31.9 Å². The summed E-state index contributed by atoms with van der Waals surface area (Å²) in [6, 6.07) is 9.13. The lowest BCUT2D eigenvalue weighted by molar-refractivity contribution is -0.125. The van der Waals surface area contributed by atoms with Gasteiger partial charge in [-0.1, -0.05) is 37.3 Å². The van der Waals surface area contributed by atoms with E-state index in [1.807, 2.05) is 30.3 Å². The molecule has 1 amide bonds. The van der Waals surface area contributed by atoms with Crippen LogP contribution in [0.15, 0.2) is 30.3 Å². The zero-order valence-corrected chi connectivity index (χ0v) is 16.1. The molecule has 3 N–H and O–H groups in total. The summed E-state index contributed by atoms with van der Waals surface area (Å²) in [6.45, 7) is 4.21. The van der Waals surface area contributed by atoms with Crippen LogP contribution in [0.3, 0.4) is 0 Å². The van der Waals surface area contributed by atoms with Crippen molar-refractivity contribution in [3.8, 4) is 0 Å². The Hall–Kier alpha value is -1.15. The molecule has 2 atom stereocenters. The van der Waals surface area contributed by atoms with Gasteiger partial charge in [0.2, 0.25) is 15.9 Å². The SMILES string of the molecule is CCS(=O)(=O)N(C)CCCNC(=O)C(C)C(N)c1ccccc1.Cl. The zero-order chi connectivity index (χ0) is 17.5. The summed E-state index contributed by atoms with van der Waals surface area (Å²) < 4.78 is 24.5. The van der Waals surface area contributed by atoms with Gasteiger partial charge in [0, 0.05) is 26.2 Å². The number of amides is 1. The number of sulfonamides is 1. The molecule has 0 spiro atoms. The molecule has 138 valence electrons. The predicted octanol–water partition coefficient (Wildman–Crippen LogP) is 1.53. The Morgan fingerprint density at radius 2 is 1.88 bits per heavy atom. The average Bonchev–Trinajstić information content (AvgIpc) is 2.57. The molecule has 0 aliphatic heterocycles. The lowest BCUT2D eigenvalue weighted by Crippen LogP contribution is -2.37. The molecule has 8 heteroatoms. The van der Waals surface area contributed by atoms with E-state index in [2.05, 4.69) is 5.32 Å². The second kappa shape index (κ2) is 10.7. The van der Waals surface area contributed by atoms with E-state index in [0.717, 1.165) is 5.56 Å². The van der Waals surface area contributed by atoms with Crippen LogP contribution < -0.4 is 11.1 Å². The summed E-state index contributed by atoms with van der Waals surface area (Å²) in [4.78, 5) is 12.1. The van der Waals surface area contributed by atoms with Gasteiger partial charge in [0.25, 0.3) is 0 Å². The highest BCUT2D eigenvalue weighted by molar-refractivity contribution is 7.89. The first kappa shape index (κ1) is 22.9. The van der Waals surface area contributed by atoms with E-state index in [0.29, 0.717) is 19.5 Å². The van der Waals surface area contributed by atoms with Crippen molar-refractivity contribution >= 4 is 28.3 Å². The highest BCUT2D eigenvalue weighted by Gasteiger charge is 2.21. The molecule has 1 aromatic carbocycles. The molecule has 2 unspecified atom stereocenters. The molecule has 6 nitrogen and oxygen atoms in total. The van der Waals surface area contributed by atoms with Crippen molar-refractivity contribution in [3.05, 3.63) is 35.9 Å². The van der Waals surface area contributed by atoms with Gasteiger partial charge in [-0.2, -0.15) is 0 Å². The molecule has 0 fully saturated rings. The molecular weight excluding hydrogens is 350 g/mol. The third kappa shape index (κ3) is 6.76. The summed E-state index contributed by atoms with van der Waals surface area (Å²) in [5.74, 6) is -0.393. The van der Waals surface area contributed by atoms with Gasteiger partial charge in [0.05, 0.1) is 11.7 Å². The van der Waals surface area contributed by atoms with E-state index in [9.17, 15) is 13.2 Å². The van der Waals surface area contributed by atoms with Crippen LogP contribution in [0, 0.1) is 5.92 Å². The second-order valence-corrected chi connectivity index (χ2v) is 7.96. The molecule has 0 heterocycles. The number of carbonyl (C=O) groups excluding carboxylic acids is 1. The predicted molar refractivity (Wildman–Crippen MR) is 99.5 cm³/mol. The minimum absolute atomic E-state index is 0. The normalized spacial score (nSPS) is 13.9. The van der Waals surface area contributed by atoms with Crippen LogP contribution in [0.4, 0.5) is 0 Å². The molecule has 0 aliphatic rings. The number of hydrogen-bond acceptors (Lipinski definition) is 4. The molecule has 1 aromatic rings. The molecule has 1 rings (SSSR count). The smallest absolute Gasteiger partial charge is 0.224 e. The number of nitrogens with two attached hydrogens (primary N) is 1. The van der Waals surface area contributed by atoms with Crippen LogP contribution in [-0.2, 0) is 14.8 Å². The minimum Gasteiger partial charge on any atom is -0.356 e. The van der Waals surface area contributed by atoms with E-state index < -0.39 is 10.0 Å². The van der Waals surface area contributed by atoms with Crippen LogP contribution in [0.2, 0.25) is 0 Å². The molecule has 0 saturated heterocycles. The van der Waals surface area contributed by atoms with E-state index >= 15 is 0 Å². The number of nitrogens with one attached hydrogen (secondary N) is 1. The van der Waals surface area contributed by atoms with Crippen LogP contribution in [0.5, 0.6) is 0 Å². The van der Waals surface area contributed by atoms with E-state index in [4.69, 9.17) is 5.73 Å². The molecule has 24 heavy (non-hydrogen) atoms. The fraction of sp³-hybridized carbons (Fsp3) is 0.562. The largest absolute Gasteiger partial charge is 0.356 e. The number of hydrogen-bond donors (Lipinski definition) is 2. The molecule has 0 bridgehead atoms. The number of benzene rings is 1. The van der Waals surface area contributed by atoms with Gasteiger partial charge in [-0.25, -0.2) is 12.7 Å². The average molecular weight is 378 g/mol. The summed E-state index contributed by atoms with van der Waals surface area (Å²) in [5.41, 5.74) is 7.04. The monoisotopic (exact) mass is 377 g/mol. The molecular formula is C16H28ClN3O3S. The van der Waals surface area contributed by atoms with Crippen LogP contribution in [-0.4, -0.2) is 44.5 Å². The van der Waals surface area contributed by atoms with Gasteiger partial charge in [-0.05, 0) is 18.9 Å². The number of rotatable bonds is 9. The number of carbonyl (C=O) groups is 1. The van der Waals surface area contributed by atoms with Crippen molar-refractivity contribution in [1.82, 2.24) is 9.62 Å². The third-order valence-electron chi connectivity index (χ3n) is 3.93. The van der Waals surface area contributed by atoms with Crippen LogP contribution in [0.25, 0.3) is 0 Å². The van der Waals surface area contributed by atoms with Gasteiger partial charge < -0.3 is 11.1 Å². The molecule has 0 radical (unpaired) electrons. The molecule has 0 aliphatic carbocycles. The quantitative estimate of drug-likeness (QED) is 0.638. The van der Waals surface area contributed by atoms with Crippen molar-refractivity contribution in [3.63, 3.8) is 0 Å². The highest BCUT2D eigenvalue weighted by atomic mass is 35.5. The van der Waals surface area contributed by atoms with E-state index in [-0.39, 0.29) is 36.0 Å². The second-order valence-electron chi connectivity index (χ2n) is 5.59. The summed E-state index contributed by atoms with van der Waals surface area (Å²) in [6.07, 6.45) is 0.564. The number of nitrogens with zero attached hydrogens (tertiary/aromatic N) is 1. The van der Waals surface area contributed by atoms with Gasteiger partial charge >= 0.3 is 0 Å². The maximum absolute atomic E-state index is 12.1. The van der Waals surface area contributed by atoms with Gasteiger partial charge in [0.1, 0.15) is 0 Å². The summed E-state index contributed by atoms with van der Waals surface area (Å²) in [5, 5.41) is 2.82. The minimum atomic E-state index is -3.16. The molecule has 0 saturated carbocycles. The Labute approximate surface area is 151 Å². The van der Waals surface area contributed by atoms with E-state index in [1.54, 1.807) is 20.9 Å². The van der Waals surface area contributed by atoms with Gasteiger partial charge in [-0.3, -0.25) is 4.79 Å². The third-order valence-corrected chi connectivity index (χ3v) is 5.79. The van der Waals surface area contributed by atoms with Gasteiger partial charge in [0.15, 0.2) is 0 Å². The summed E-state index contributed by atoms with van der Waals surface area (Å²) in [7, 11) is -1.61. The fourth-order valence-corrected chi connectivity index (χ4v) is 3.01. The standard InChI is InChI=1S/C16H27N3O3S.ClH/c1-4-23(21,22)19(3)12-8-11-18-16(20)13(2)15(17)14-9-6-5-7-10-14;/h5-7,9-10,13,15H,4,8,11-12,17H2,1-3H3,(H,18,20);1H. The van der Waals surface area contributed by atoms with Crippen molar-refractivity contribution in [1.29, 1.82) is 0 Å². The fourth-order valence-electron chi connectivity index (χ4n) is 2.16. The first-order chi connectivity index (χ1) is 10.8. The Bertz CT molecular complexity index is 596. The van der Waals surface area contributed by atoms with E-state index in [1.165, 1.54) is 4.31 Å².